The van der Waals surface area contributed by atoms with Gasteiger partial charge >= 0.3 is 6.03 Å². The van der Waals surface area contributed by atoms with Crippen molar-refractivity contribution in [2.75, 3.05) is 32.7 Å². The summed E-state index contributed by atoms with van der Waals surface area (Å²) in [6.45, 7) is 7.27. The van der Waals surface area contributed by atoms with Crippen molar-refractivity contribution in [3.63, 3.8) is 0 Å². The Morgan fingerprint density at radius 2 is 1.74 bits per heavy atom. The lowest BCUT2D eigenvalue weighted by Crippen LogP contribution is -2.52. The van der Waals surface area contributed by atoms with Gasteiger partial charge in [0.25, 0.3) is 0 Å². The Morgan fingerprint density at radius 1 is 1.05 bits per heavy atom. The zero-order chi connectivity index (χ0) is 12.5. The molecule has 2 amide bonds. The second kappa shape index (κ2) is 6.31. The third-order valence-electron chi connectivity index (χ3n) is 4.98. The summed E-state index contributed by atoms with van der Waals surface area (Å²) in [5, 5.41) is 3.55. The number of nitrogens with zero attached hydrogens (tertiary/aromatic N) is 2. The molecule has 0 radical (unpaired) electrons. The van der Waals surface area contributed by atoms with Crippen molar-refractivity contribution in [2.45, 2.75) is 38.6 Å². The highest BCUT2D eigenvalue weighted by atomic mass is 35.5. The Hall–Kier alpha value is -0.480. The first-order valence-corrected chi connectivity index (χ1v) is 7.51. The molecule has 3 aliphatic heterocycles. The number of rotatable bonds is 0. The second-order valence-electron chi connectivity index (χ2n) is 6.30. The fourth-order valence-corrected chi connectivity index (χ4v) is 3.62. The van der Waals surface area contributed by atoms with Crippen LogP contribution in [0.2, 0.25) is 0 Å². The average molecular weight is 288 g/mol. The van der Waals surface area contributed by atoms with Gasteiger partial charge in [0.1, 0.15) is 0 Å². The highest BCUT2D eigenvalue weighted by Crippen LogP contribution is 2.26. The van der Waals surface area contributed by atoms with Crippen molar-refractivity contribution >= 4 is 18.4 Å². The summed E-state index contributed by atoms with van der Waals surface area (Å²) in [4.78, 5) is 16.7. The van der Waals surface area contributed by atoms with Crippen LogP contribution < -0.4 is 5.32 Å². The third-order valence-corrected chi connectivity index (χ3v) is 4.98. The SMILES string of the molecule is CC1CCN(C(=O)N2CCC3NCCC3C2)CC1.Cl. The molecule has 0 aromatic carbocycles. The van der Waals surface area contributed by atoms with E-state index in [0.29, 0.717) is 18.0 Å². The minimum atomic E-state index is 0. The molecule has 2 atom stereocenters. The smallest absolute Gasteiger partial charge is 0.320 e. The molecule has 0 aromatic heterocycles. The van der Waals surface area contributed by atoms with Crippen molar-refractivity contribution in [1.29, 1.82) is 0 Å². The first-order valence-electron chi connectivity index (χ1n) is 7.51. The molecule has 0 aromatic rings. The van der Waals surface area contributed by atoms with E-state index in [1.807, 2.05) is 0 Å². The number of carbonyl (C=O) groups excluding carboxylic acids is 1. The van der Waals surface area contributed by atoms with Gasteiger partial charge < -0.3 is 15.1 Å². The number of piperidine rings is 2. The lowest BCUT2D eigenvalue weighted by Gasteiger charge is -2.39. The van der Waals surface area contributed by atoms with Crippen LogP contribution in [0.5, 0.6) is 0 Å². The summed E-state index contributed by atoms with van der Waals surface area (Å²) in [5.41, 5.74) is 0. The molecule has 3 heterocycles. The zero-order valence-corrected chi connectivity index (χ0v) is 12.6. The molecule has 1 N–H and O–H groups in total. The molecular formula is C14H26ClN3O. The summed E-state index contributed by atoms with van der Waals surface area (Å²) in [5.74, 6) is 1.49. The summed E-state index contributed by atoms with van der Waals surface area (Å²) in [6, 6.07) is 0.975. The maximum Gasteiger partial charge on any atom is 0.320 e. The normalized spacial score (nSPS) is 31.8. The lowest BCUT2D eigenvalue weighted by atomic mass is 9.93. The van der Waals surface area contributed by atoms with Crippen LogP contribution in [0.15, 0.2) is 0 Å². The van der Waals surface area contributed by atoms with E-state index in [4.69, 9.17) is 0 Å². The third kappa shape index (κ3) is 3.16. The fraction of sp³-hybridized carbons (Fsp3) is 0.929. The minimum Gasteiger partial charge on any atom is -0.325 e. The van der Waals surface area contributed by atoms with Crippen molar-refractivity contribution in [2.24, 2.45) is 11.8 Å². The molecule has 0 aliphatic carbocycles. The van der Waals surface area contributed by atoms with E-state index in [1.165, 1.54) is 19.3 Å². The zero-order valence-electron chi connectivity index (χ0n) is 11.8. The van der Waals surface area contributed by atoms with E-state index in [1.54, 1.807) is 0 Å². The number of hydrogen-bond donors (Lipinski definition) is 1. The summed E-state index contributed by atoms with van der Waals surface area (Å²) in [6.07, 6.45) is 4.73. The van der Waals surface area contributed by atoms with E-state index in [2.05, 4.69) is 22.0 Å². The maximum atomic E-state index is 12.5. The van der Waals surface area contributed by atoms with Gasteiger partial charge in [-0.2, -0.15) is 0 Å². The minimum absolute atomic E-state index is 0. The monoisotopic (exact) mass is 287 g/mol. The van der Waals surface area contributed by atoms with Crippen LogP contribution in [-0.4, -0.2) is 54.6 Å². The van der Waals surface area contributed by atoms with Gasteiger partial charge in [-0.1, -0.05) is 6.92 Å². The highest BCUT2D eigenvalue weighted by Gasteiger charge is 2.36. The summed E-state index contributed by atoms with van der Waals surface area (Å²) < 4.78 is 0. The van der Waals surface area contributed by atoms with E-state index >= 15 is 0 Å². The van der Waals surface area contributed by atoms with E-state index in [9.17, 15) is 4.79 Å². The molecule has 0 spiro atoms. The quantitative estimate of drug-likeness (QED) is 0.739. The number of carbonyl (C=O) groups is 1. The average Bonchev–Trinajstić information content (AvgIpc) is 2.86. The molecule has 5 heteroatoms. The lowest BCUT2D eigenvalue weighted by molar-refractivity contribution is 0.111. The molecule has 3 rings (SSSR count). The number of likely N-dealkylation sites (tertiary alicyclic amines) is 2. The van der Waals surface area contributed by atoms with Crippen LogP contribution in [0.4, 0.5) is 4.79 Å². The molecule has 0 bridgehead atoms. The van der Waals surface area contributed by atoms with Crippen molar-refractivity contribution < 1.29 is 4.79 Å². The largest absolute Gasteiger partial charge is 0.325 e. The van der Waals surface area contributed by atoms with Gasteiger partial charge in [-0.15, -0.1) is 12.4 Å². The van der Waals surface area contributed by atoms with Gasteiger partial charge in [-0.3, -0.25) is 0 Å². The molecule has 2 unspecified atom stereocenters. The predicted octanol–water partition coefficient (Wildman–Crippen LogP) is 1.94. The Kier molecular flexibility index (Phi) is 4.96. The number of urea groups is 1. The Labute approximate surface area is 122 Å². The molecule has 3 saturated heterocycles. The molecule has 0 saturated carbocycles. The van der Waals surface area contributed by atoms with Crippen LogP contribution in [0.25, 0.3) is 0 Å². The Balaban J connectivity index is 0.00000133. The van der Waals surface area contributed by atoms with Crippen molar-refractivity contribution in [3.8, 4) is 0 Å². The van der Waals surface area contributed by atoms with Gasteiger partial charge in [0, 0.05) is 32.2 Å². The first-order chi connectivity index (χ1) is 8.74. The standard InChI is InChI=1S/C14H25N3O.ClH/c1-11-3-7-16(8-4-11)14(18)17-9-5-13-12(10-17)2-6-15-13;/h11-13,15H,2-10H2,1H3;1H. The first kappa shape index (κ1) is 14.9. The number of halogens is 1. The Bertz CT molecular complexity index is 318. The van der Waals surface area contributed by atoms with Gasteiger partial charge in [-0.25, -0.2) is 4.79 Å². The molecule has 4 nitrogen and oxygen atoms in total. The van der Waals surface area contributed by atoms with Gasteiger partial charge in [0.05, 0.1) is 0 Å². The van der Waals surface area contributed by atoms with Crippen LogP contribution in [-0.2, 0) is 0 Å². The maximum absolute atomic E-state index is 12.5. The molecular weight excluding hydrogens is 262 g/mol. The summed E-state index contributed by atoms with van der Waals surface area (Å²) >= 11 is 0. The number of amides is 2. The Morgan fingerprint density at radius 3 is 2.47 bits per heavy atom. The van der Waals surface area contributed by atoms with Gasteiger partial charge in [0.2, 0.25) is 0 Å². The van der Waals surface area contributed by atoms with Crippen LogP contribution in [0.3, 0.4) is 0 Å². The van der Waals surface area contributed by atoms with E-state index in [0.717, 1.165) is 45.1 Å². The van der Waals surface area contributed by atoms with Crippen molar-refractivity contribution in [3.05, 3.63) is 0 Å². The highest BCUT2D eigenvalue weighted by molar-refractivity contribution is 5.85. The second-order valence-corrected chi connectivity index (χ2v) is 6.30. The topological polar surface area (TPSA) is 35.6 Å². The molecule has 3 aliphatic rings. The summed E-state index contributed by atoms with van der Waals surface area (Å²) in [7, 11) is 0. The van der Waals surface area contributed by atoms with Crippen LogP contribution in [0, 0.1) is 11.8 Å². The van der Waals surface area contributed by atoms with Gasteiger partial charge in [0.15, 0.2) is 0 Å². The molecule has 110 valence electrons. The number of nitrogens with one attached hydrogen (secondary N) is 1. The van der Waals surface area contributed by atoms with Crippen LogP contribution >= 0.6 is 12.4 Å². The molecule has 3 fully saturated rings. The van der Waals surface area contributed by atoms with E-state index in [-0.39, 0.29) is 12.4 Å². The number of fused-ring (bicyclic) bond motifs is 1. The number of hydrogen-bond acceptors (Lipinski definition) is 2. The fourth-order valence-electron chi connectivity index (χ4n) is 3.62. The molecule has 19 heavy (non-hydrogen) atoms. The van der Waals surface area contributed by atoms with Gasteiger partial charge in [-0.05, 0) is 44.1 Å². The van der Waals surface area contributed by atoms with Crippen molar-refractivity contribution in [1.82, 2.24) is 15.1 Å². The van der Waals surface area contributed by atoms with Crippen LogP contribution in [0.1, 0.15) is 32.6 Å². The predicted molar refractivity (Wildman–Crippen MR) is 78.7 cm³/mol. The van der Waals surface area contributed by atoms with E-state index < -0.39 is 0 Å².